The highest BCUT2D eigenvalue weighted by Gasteiger charge is 2.05. The van der Waals surface area contributed by atoms with E-state index in [1.807, 2.05) is 57.2 Å². The van der Waals surface area contributed by atoms with Gasteiger partial charge in [-0.15, -0.1) is 0 Å². The molecule has 0 amide bonds. The first-order chi connectivity index (χ1) is 9.97. The van der Waals surface area contributed by atoms with Crippen molar-refractivity contribution >= 4 is 23.1 Å². The summed E-state index contributed by atoms with van der Waals surface area (Å²) in [5, 5.41) is 3.82. The second kappa shape index (κ2) is 6.59. The smallest absolute Gasteiger partial charge is 0.187 e. The zero-order chi connectivity index (χ0) is 15.4. The minimum Gasteiger partial charge on any atom is -0.361 e. The van der Waals surface area contributed by atoms with Crippen LogP contribution in [-0.4, -0.2) is 5.78 Å². The molecular formula is C18H18ClNO. The molecule has 108 valence electrons. The average Bonchev–Trinajstić information content (AvgIpc) is 2.43. The minimum atomic E-state index is -0.00434. The molecule has 1 N–H and O–H groups in total. The maximum absolute atomic E-state index is 12.2. The van der Waals surface area contributed by atoms with Crippen LogP contribution in [0.4, 0.5) is 5.69 Å². The highest BCUT2D eigenvalue weighted by molar-refractivity contribution is 6.30. The number of carbonyl (C=O) groups is 1. The van der Waals surface area contributed by atoms with Crippen LogP contribution < -0.4 is 5.32 Å². The van der Waals surface area contributed by atoms with Crippen molar-refractivity contribution in [2.45, 2.75) is 20.8 Å². The Morgan fingerprint density at radius 1 is 1.05 bits per heavy atom. The highest BCUT2D eigenvalue weighted by Crippen LogP contribution is 2.19. The number of benzene rings is 2. The van der Waals surface area contributed by atoms with E-state index in [1.54, 1.807) is 12.3 Å². The van der Waals surface area contributed by atoms with E-state index in [-0.39, 0.29) is 5.78 Å². The van der Waals surface area contributed by atoms with Gasteiger partial charge in [0.1, 0.15) is 0 Å². The summed E-state index contributed by atoms with van der Waals surface area (Å²) in [6.07, 6.45) is 3.22. The van der Waals surface area contributed by atoms with Crippen molar-refractivity contribution in [3.8, 4) is 0 Å². The zero-order valence-corrected chi connectivity index (χ0v) is 13.2. The van der Waals surface area contributed by atoms with Crippen LogP contribution in [0.3, 0.4) is 0 Å². The van der Waals surface area contributed by atoms with Crippen LogP contribution in [0.2, 0.25) is 5.02 Å². The van der Waals surface area contributed by atoms with Gasteiger partial charge in [-0.25, -0.2) is 0 Å². The number of halogens is 1. The first kappa shape index (κ1) is 15.3. The number of allylic oxidation sites excluding steroid dienone is 1. The number of hydrogen-bond acceptors (Lipinski definition) is 2. The van der Waals surface area contributed by atoms with Crippen molar-refractivity contribution in [3.05, 3.63) is 76.0 Å². The fourth-order valence-corrected chi connectivity index (χ4v) is 2.31. The maximum Gasteiger partial charge on any atom is 0.187 e. The lowest BCUT2D eigenvalue weighted by Gasteiger charge is -2.06. The molecule has 0 bridgehead atoms. The molecule has 0 saturated carbocycles. The van der Waals surface area contributed by atoms with Gasteiger partial charge in [0.2, 0.25) is 0 Å². The molecule has 0 heterocycles. The molecule has 0 unspecified atom stereocenters. The van der Waals surface area contributed by atoms with Crippen LogP contribution in [0.1, 0.15) is 27.0 Å². The molecule has 0 aromatic heterocycles. The number of nitrogens with one attached hydrogen (secondary N) is 1. The number of anilines is 1. The summed E-state index contributed by atoms with van der Waals surface area (Å²) >= 11 is 5.91. The Balaban J connectivity index is 2.10. The van der Waals surface area contributed by atoms with Gasteiger partial charge in [-0.3, -0.25) is 4.79 Å². The first-order valence-corrected chi connectivity index (χ1v) is 7.16. The van der Waals surface area contributed by atoms with E-state index in [1.165, 1.54) is 0 Å². The third-order valence-electron chi connectivity index (χ3n) is 3.32. The molecule has 0 aliphatic rings. The molecule has 21 heavy (non-hydrogen) atoms. The van der Waals surface area contributed by atoms with Crippen LogP contribution >= 0.6 is 11.6 Å². The van der Waals surface area contributed by atoms with E-state index < -0.39 is 0 Å². The van der Waals surface area contributed by atoms with Crippen molar-refractivity contribution in [1.29, 1.82) is 0 Å². The average molecular weight is 300 g/mol. The Kier molecular flexibility index (Phi) is 4.81. The Labute approximate surface area is 130 Å². The fraction of sp³-hybridized carbons (Fsp3) is 0.167. The largest absolute Gasteiger partial charge is 0.361 e. The highest BCUT2D eigenvalue weighted by atomic mass is 35.5. The summed E-state index contributed by atoms with van der Waals surface area (Å²) in [6.45, 7) is 5.89. The van der Waals surface area contributed by atoms with Crippen LogP contribution in [0.25, 0.3) is 0 Å². The van der Waals surface area contributed by atoms with Crippen molar-refractivity contribution in [1.82, 2.24) is 0 Å². The molecule has 0 spiro atoms. The fourth-order valence-electron chi connectivity index (χ4n) is 2.09. The van der Waals surface area contributed by atoms with Crippen LogP contribution in [0.15, 0.2) is 48.7 Å². The Bertz CT molecular complexity index is 704. The molecule has 0 aliphatic heterocycles. The van der Waals surface area contributed by atoms with Gasteiger partial charge in [-0.1, -0.05) is 29.3 Å². The monoisotopic (exact) mass is 299 g/mol. The number of rotatable bonds is 4. The second-order valence-electron chi connectivity index (χ2n) is 5.12. The normalized spacial score (nSPS) is 10.9. The maximum atomic E-state index is 12.2. The van der Waals surface area contributed by atoms with Gasteiger partial charge in [-0.2, -0.15) is 0 Å². The van der Waals surface area contributed by atoms with Crippen molar-refractivity contribution < 1.29 is 4.79 Å². The molecule has 2 nitrogen and oxygen atoms in total. The molecular weight excluding hydrogens is 282 g/mol. The van der Waals surface area contributed by atoms with Crippen molar-refractivity contribution in [3.63, 3.8) is 0 Å². The summed E-state index contributed by atoms with van der Waals surface area (Å²) in [5.41, 5.74) is 4.77. The number of ketones is 1. The van der Waals surface area contributed by atoms with Crippen LogP contribution in [0.5, 0.6) is 0 Å². The van der Waals surface area contributed by atoms with Crippen molar-refractivity contribution in [2.24, 2.45) is 0 Å². The lowest BCUT2D eigenvalue weighted by molar-refractivity contribution is 0.104. The van der Waals surface area contributed by atoms with E-state index in [9.17, 15) is 4.79 Å². The molecule has 3 heteroatoms. The summed E-state index contributed by atoms with van der Waals surface area (Å²) in [4.78, 5) is 12.2. The number of hydrogen-bond donors (Lipinski definition) is 1. The van der Waals surface area contributed by atoms with Gasteiger partial charge in [0.05, 0.1) is 0 Å². The van der Waals surface area contributed by atoms with E-state index >= 15 is 0 Å². The summed E-state index contributed by atoms with van der Waals surface area (Å²) in [7, 11) is 0. The Morgan fingerprint density at radius 2 is 1.81 bits per heavy atom. The van der Waals surface area contributed by atoms with E-state index in [4.69, 9.17) is 11.6 Å². The molecule has 0 fully saturated rings. The van der Waals surface area contributed by atoms with E-state index in [0.717, 1.165) is 27.9 Å². The van der Waals surface area contributed by atoms with Crippen LogP contribution in [0, 0.1) is 20.8 Å². The molecule has 2 aromatic rings. The van der Waals surface area contributed by atoms with Gasteiger partial charge < -0.3 is 5.32 Å². The topological polar surface area (TPSA) is 29.1 Å². The summed E-state index contributed by atoms with van der Waals surface area (Å²) < 4.78 is 0. The third kappa shape index (κ3) is 3.96. The van der Waals surface area contributed by atoms with Crippen molar-refractivity contribution in [2.75, 3.05) is 5.32 Å². The van der Waals surface area contributed by atoms with E-state index in [2.05, 4.69) is 5.32 Å². The first-order valence-electron chi connectivity index (χ1n) is 6.78. The predicted molar refractivity (Wildman–Crippen MR) is 89.2 cm³/mol. The van der Waals surface area contributed by atoms with Crippen LogP contribution in [-0.2, 0) is 0 Å². The van der Waals surface area contributed by atoms with Gasteiger partial charge in [0.15, 0.2) is 5.78 Å². The van der Waals surface area contributed by atoms with Gasteiger partial charge in [0.25, 0.3) is 0 Å². The van der Waals surface area contributed by atoms with Gasteiger partial charge in [-0.05, 0) is 56.2 Å². The Morgan fingerprint density at radius 3 is 2.52 bits per heavy atom. The minimum absolute atomic E-state index is 0.00434. The molecule has 0 saturated heterocycles. The Hall–Kier alpha value is -2.06. The molecule has 2 aromatic carbocycles. The molecule has 0 radical (unpaired) electrons. The standard InChI is InChI=1S/C18H18ClNO/c1-12-4-5-13(2)16(10-12)18(21)8-9-20-17-7-6-15(19)11-14(17)3/h4-11,20H,1-3H3. The summed E-state index contributed by atoms with van der Waals surface area (Å²) in [5.74, 6) is -0.00434. The van der Waals surface area contributed by atoms with Gasteiger partial charge in [0, 0.05) is 28.5 Å². The summed E-state index contributed by atoms with van der Waals surface area (Å²) in [6, 6.07) is 11.5. The zero-order valence-electron chi connectivity index (χ0n) is 12.4. The SMILES string of the molecule is Cc1ccc(C)c(C(=O)C=CNc2ccc(Cl)cc2C)c1. The lowest BCUT2D eigenvalue weighted by atomic mass is 10.0. The molecule has 0 atom stereocenters. The van der Waals surface area contributed by atoms with Gasteiger partial charge >= 0.3 is 0 Å². The number of aryl methyl sites for hydroxylation is 3. The predicted octanol–water partition coefficient (Wildman–Crippen LogP) is 5.07. The lowest BCUT2D eigenvalue weighted by Crippen LogP contribution is -2.00. The quantitative estimate of drug-likeness (QED) is 0.630. The second-order valence-corrected chi connectivity index (χ2v) is 5.56. The third-order valence-corrected chi connectivity index (χ3v) is 3.56. The molecule has 0 aliphatic carbocycles. The molecule has 2 rings (SSSR count). The number of carbonyl (C=O) groups excluding carboxylic acids is 1. The van der Waals surface area contributed by atoms with E-state index in [0.29, 0.717) is 5.02 Å².